The first-order valence-electron chi connectivity index (χ1n) is 9.97. The monoisotopic (exact) mass is 401 g/mol. The second kappa shape index (κ2) is 7.13. The number of hydrogen-bond donors (Lipinski definition) is 1. The lowest BCUT2D eigenvalue weighted by molar-refractivity contribution is -0.134. The van der Waals surface area contributed by atoms with Crippen molar-refractivity contribution in [2.24, 2.45) is 11.8 Å². The van der Waals surface area contributed by atoms with Crippen molar-refractivity contribution in [3.8, 4) is 11.5 Å². The Kier molecular flexibility index (Phi) is 4.44. The van der Waals surface area contributed by atoms with Crippen LogP contribution in [0.2, 0.25) is 0 Å². The number of fused-ring (bicyclic) bond motifs is 3. The summed E-state index contributed by atoms with van der Waals surface area (Å²) in [6.45, 7) is 1.98. The topological polar surface area (TPSA) is 97.4 Å². The van der Waals surface area contributed by atoms with Crippen molar-refractivity contribution in [3.63, 3.8) is 0 Å². The third-order valence-electron chi connectivity index (χ3n) is 6.29. The van der Waals surface area contributed by atoms with Gasteiger partial charge >= 0.3 is 6.09 Å². The van der Waals surface area contributed by atoms with Crippen LogP contribution < -0.4 is 14.8 Å². The van der Waals surface area contributed by atoms with Gasteiger partial charge in [-0.25, -0.2) is 4.79 Å². The first-order valence-corrected chi connectivity index (χ1v) is 9.97. The normalized spacial score (nSPS) is 26.8. The van der Waals surface area contributed by atoms with Gasteiger partial charge in [-0.2, -0.15) is 0 Å². The molecule has 5 rings (SSSR count). The smallest absolute Gasteiger partial charge is 0.410 e. The Morgan fingerprint density at radius 1 is 1.14 bits per heavy atom. The van der Waals surface area contributed by atoms with Gasteiger partial charge in [0.25, 0.3) is 0 Å². The Morgan fingerprint density at radius 2 is 2.00 bits per heavy atom. The molecule has 1 saturated carbocycles. The maximum Gasteiger partial charge on any atom is 0.410 e. The van der Waals surface area contributed by atoms with Crippen LogP contribution in [0.5, 0.6) is 11.5 Å². The minimum Gasteiger partial charge on any atom is -0.454 e. The fraction of sp³-hybridized carbons (Fsp3) is 0.550. The highest BCUT2D eigenvalue weighted by Gasteiger charge is 2.52. The van der Waals surface area contributed by atoms with Gasteiger partial charge in [0, 0.05) is 19.1 Å². The molecule has 3 heterocycles. The minimum absolute atomic E-state index is 0.0214. The van der Waals surface area contributed by atoms with Gasteiger partial charge < -0.3 is 24.4 Å². The summed E-state index contributed by atoms with van der Waals surface area (Å²) in [5.74, 6) is 1.25. The van der Waals surface area contributed by atoms with Crippen LogP contribution in [-0.4, -0.2) is 66.8 Å². The van der Waals surface area contributed by atoms with E-state index in [0.29, 0.717) is 37.7 Å². The molecule has 3 amide bonds. The molecule has 0 spiro atoms. The number of amides is 3. The van der Waals surface area contributed by atoms with E-state index < -0.39 is 6.09 Å². The van der Waals surface area contributed by atoms with E-state index in [1.807, 2.05) is 18.2 Å². The highest BCUT2D eigenvalue weighted by molar-refractivity contribution is 5.86. The summed E-state index contributed by atoms with van der Waals surface area (Å²) in [5, 5.41) is 3.01. The van der Waals surface area contributed by atoms with Crippen LogP contribution in [0.25, 0.3) is 0 Å². The first-order chi connectivity index (χ1) is 14.1. The standard InChI is InChI=1S/C20H23N3O6/c24-17(10-22-5-6-27-20(22)26)23-9-13-2-3-14(23)18(13)19(25)21-8-12-1-4-15-16(7-12)29-11-28-15/h1,4,7,13-14,18H,2-3,5-6,8-11H2,(H,21,25)/t13-,14-,18+/m0/s1. The largest absolute Gasteiger partial charge is 0.454 e. The van der Waals surface area contributed by atoms with Gasteiger partial charge in [-0.3, -0.25) is 14.5 Å². The quantitative estimate of drug-likeness (QED) is 0.781. The van der Waals surface area contributed by atoms with Crippen molar-refractivity contribution in [2.45, 2.75) is 25.4 Å². The Morgan fingerprint density at radius 3 is 2.83 bits per heavy atom. The zero-order chi connectivity index (χ0) is 20.0. The van der Waals surface area contributed by atoms with Crippen LogP contribution in [0.3, 0.4) is 0 Å². The maximum atomic E-state index is 12.9. The molecular formula is C20H23N3O6. The van der Waals surface area contributed by atoms with Crippen molar-refractivity contribution in [1.29, 1.82) is 0 Å². The van der Waals surface area contributed by atoms with Crippen LogP contribution in [-0.2, 0) is 20.9 Å². The fourth-order valence-electron chi connectivity index (χ4n) is 4.86. The second-order valence-corrected chi connectivity index (χ2v) is 7.92. The van der Waals surface area contributed by atoms with Gasteiger partial charge in [0.15, 0.2) is 11.5 Å². The molecule has 1 N–H and O–H groups in total. The van der Waals surface area contributed by atoms with Gasteiger partial charge in [-0.1, -0.05) is 6.07 Å². The highest BCUT2D eigenvalue weighted by atomic mass is 16.7. The van der Waals surface area contributed by atoms with Crippen molar-refractivity contribution < 1.29 is 28.6 Å². The summed E-state index contributed by atoms with van der Waals surface area (Å²) in [5.41, 5.74) is 0.938. The van der Waals surface area contributed by atoms with E-state index in [4.69, 9.17) is 14.2 Å². The van der Waals surface area contributed by atoms with Gasteiger partial charge in [0.1, 0.15) is 13.2 Å². The number of ether oxygens (including phenoxy) is 3. The van der Waals surface area contributed by atoms with E-state index in [2.05, 4.69) is 5.32 Å². The number of nitrogens with zero attached hydrogens (tertiary/aromatic N) is 2. The number of likely N-dealkylation sites (tertiary alicyclic amines) is 1. The van der Waals surface area contributed by atoms with Crippen LogP contribution in [0.15, 0.2) is 18.2 Å². The van der Waals surface area contributed by atoms with E-state index in [1.54, 1.807) is 4.90 Å². The Bertz CT molecular complexity index is 859. The molecule has 2 bridgehead atoms. The van der Waals surface area contributed by atoms with E-state index in [1.165, 1.54) is 4.90 Å². The third-order valence-corrected chi connectivity index (χ3v) is 6.29. The second-order valence-electron chi connectivity index (χ2n) is 7.92. The summed E-state index contributed by atoms with van der Waals surface area (Å²) < 4.78 is 15.6. The lowest BCUT2D eigenvalue weighted by atomic mass is 9.97. The molecule has 2 saturated heterocycles. The summed E-state index contributed by atoms with van der Waals surface area (Å²) >= 11 is 0. The maximum absolute atomic E-state index is 12.9. The Hall–Kier alpha value is -2.97. The SMILES string of the molecule is O=C(NCc1ccc2c(c1)OCO2)[C@@H]1[C@H]2CC[C@@H]1N(C(=O)CN1CCOC1=O)C2. The molecule has 9 heteroatoms. The molecule has 1 aromatic rings. The number of nitrogens with one attached hydrogen (secondary N) is 1. The average molecular weight is 401 g/mol. The number of cyclic esters (lactones) is 1. The summed E-state index contributed by atoms with van der Waals surface area (Å²) in [6, 6.07) is 5.52. The van der Waals surface area contributed by atoms with Crippen LogP contribution in [0.1, 0.15) is 18.4 Å². The zero-order valence-corrected chi connectivity index (χ0v) is 16.0. The molecule has 0 aromatic heterocycles. The van der Waals surface area contributed by atoms with Crippen LogP contribution in [0, 0.1) is 11.8 Å². The zero-order valence-electron chi connectivity index (χ0n) is 16.0. The fourth-order valence-corrected chi connectivity index (χ4v) is 4.86. The van der Waals surface area contributed by atoms with E-state index >= 15 is 0 Å². The number of piperidine rings is 1. The van der Waals surface area contributed by atoms with Crippen LogP contribution in [0.4, 0.5) is 4.79 Å². The molecule has 4 aliphatic rings. The van der Waals surface area contributed by atoms with Crippen molar-refractivity contribution >= 4 is 17.9 Å². The first kappa shape index (κ1) is 18.1. The number of rotatable bonds is 5. The number of carbonyl (C=O) groups is 3. The molecule has 0 radical (unpaired) electrons. The van der Waals surface area contributed by atoms with Crippen molar-refractivity contribution in [1.82, 2.24) is 15.1 Å². The predicted octanol–water partition coefficient (Wildman–Crippen LogP) is 0.721. The van der Waals surface area contributed by atoms with Gasteiger partial charge in [0.05, 0.1) is 12.5 Å². The lowest BCUT2D eigenvalue weighted by Gasteiger charge is -2.28. The molecule has 9 nitrogen and oxygen atoms in total. The highest BCUT2D eigenvalue weighted by Crippen LogP contribution is 2.43. The molecule has 1 aromatic carbocycles. The van der Waals surface area contributed by atoms with Crippen molar-refractivity contribution in [3.05, 3.63) is 23.8 Å². The van der Waals surface area contributed by atoms with Crippen LogP contribution >= 0.6 is 0 Å². The molecule has 1 aliphatic carbocycles. The number of hydrogen-bond acceptors (Lipinski definition) is 6. The van der Waals surface area contributed by atoms with E-state index in [-0.39, 0.29) is 43.0 Å². The minimum atomic E-state index is -0.444. The molecule has 3 atom stereocenters. The Balaban J connectivity index is 1.19. The third kappa shape index (κ3) is 3.24. The molecule has 29 heavy (non-hydrogen) atoms. The molecular weight excluding hydrogens is 378 g/mol. The van der Waals surface area contributed by atoms with E-state index in [9.17, 15) is 14.4 Å². The number of carbonyl (C=O) groups excluding carboxylic acids is 3. The van der Waals surface area contributed by atoms with Gasteiger partial charge in [-0.05, 0) is 36.5 Å². The van der Waals surface area contributed by atoms with Gasteiger partial charge in [0.2, 0.25) is 18.6 Å². The summed E-state index contributed by atoms with van der Waals surface area (Å²) in [4.78, 5) is 40.4. The molecule has 0 unspecified atom stereocenters. The summed E-state index contributed by atoms with van der Waals surface area (Å²) in [6.07, 6.45) is 1.33. The lowest BCUT2D eigenvalue weighted by Crippen LogP contribution is -2.46. The van der Waals surface area contributed by atoms with Crippen molar-refractivity contribution in [2.75, 3.05) is 33.0 Å². The molecule has 3 aliphatic heterocycles. The predicted molar refractivity (Wildman–Crippen MR) is 99.0 cm³/mol. The summed E-state index contributed by atoms with van der Waals surface area (Å²) in [7, 11) is 0. The van der Waals surface area contributed by atoms with E-state index in [0.717, 1.165) is 18.4 Å². The molecule has 3 fully saturated rings. The van der Waals surface area contributed by atoms with Gasteiger partial charge in [-0.15, -0.1) is 0 Å². The number of benzene rings is 1. The average Bonchev–Trinajstić information content (AvgIpc) is 3.50. The molecule has 154 valence electrons. The Labute approximate surface area is 167 Å².